The van der Waals surface area contributed by atoms with E-state index in [1.807, 2.05) is 13.8 Å². The van der Waals surface area contributed by atoms with Crippen LogP contribution in [-0.2, 0) is 28.4 Å². The van der Waals surface area contributed by atoms with Gasteiger partial charge in [-0.3, -0.25) is 0 Å². The minimum atomic E-state index is -0.238. The van der Waals surface area contributed by atoms with E-state index in [4.69, 9.17) is 38.6 Å². The monoisotopic (exact) mass is 408 g/mol. The normalized spacial score (nSPS) is 22.3. The minimum absolute atomic E-state index is 0.0338. The Balaban J connectivity index is 1.98. The molecule has 0 aromatic heterocycles. The van der Waals surface area contributed by atoms with Crippen molar-refractivity contribution in [3.63, 3.8) is 0 Å². The van der Waals surface area contributed by atoms with Gasteiger partial charge in [0.1, 0.15) is 0 Å². The first-order valence-electron chi connectivity index (χ1n) is 10.5. The van der Waals surface area contributed by atoms with Crippen molar-refractivity contribution in [3.8, 4) is 0 Å². The zero-order valence-corrected chi connectivity index (χ0v) is 17.6. The van der Waals surface area contributed by atoms with Gasteiger partial charge in [-0.1, -0.05) is 0 Å². The third kappa shape index (κ3) is 13.8. The van der Waals surface area contributed by atoms with Gasteiger partial charge in [-0.05, 0) is 51.4 Å². The van der Waals surface area contributed by atoms with Gasteiger partial charge in [0.05, 0.1) is 66.1 Å². The van der Waals surface area contributed by atoms with Gasteiger partial charge in [-0.25, -0.2) is 0 Å². The van der Waals surface area contributed by atoms with E-state index in [9.17, 15) is 0 Å². The second-order valence-corrected chi connectivity index (χ2v) is 7.10. The number of hydrogen-bond donors (Lipinski definition) is 2. The summed E-state index contributed by atoms with van der Waals surface area (Å²) in [7, 11) is 0. The predicted octanol–water partition coefficient (Wildman–Crippen LogP) is 1.57. The Morgan fingerprint density at radius 1 is 0.607 bits per heavy atom. The SMILES string of the molecule is CC(OCCOCCO)OCC1CCC(COC(C)OCCOCCO)CC1. The first-order chi connectivity index (χ1) is 13.7. The molecule has 8 nitrogen and oxygen atoms in total. The predicted molar refractivity (Wildman–Crippen MR) is 104 cm³/mol. The van der Waals surface area contributed by atoms with Crippen LogP contribution in [-0.4, -0.2) is 88.9 Å². The van der Waals surface area contributed by atoms with E-state index in [0.717, 1.165) is 38.9 Å². The van der Waals surface area contributed by atoms with Crippen LogP contribution in [0.3, 0.4) is 0 Å². The number of aliphatic hydroxyl groups excluding tert-OH is 2. The fraction of sp³-hybridized carbons (Fsp3) is 1.00. The third-order valence-corrected chi connectivity index (χ3v) is 4.73. The van der Waals surface area contributed by atoms with Crippen LogP contribution in [0.1, 0.15) is 39.5 Å². The molecule has 0 aromatic carbocycles. The summed E-state index contributed by atoms with van der Waals surface area (Å²) in [5.41, 5.74) is 0. The molecule has 2 atom stereocenters. The molecular formula is C20H40O8. The number of rotatable bonds is 18. The molecule has 0 amide bonds. The van der Waals surface area contributed by atoms with Gasteiger partial charge in [-0.15, -0.1) is 0 Å². The summed E-state index contributed by atoms with van der Waals surface area (Å²) in [6, 6.07) is 0. The van der Waals surface area contributed by atoms with Gasteiger partial charge in [0.15, 0.2) is 12.6 Å². The summed E-state index contributed by atoms with van der Waals surface area (Å²) in [6.07, 6.45) is 4.10. The van der Waals surface area contributed by atoms with Crippen LogP contribution >= 0.6 is 0 Å². The molecule has 0 spiro atoms. The van der Waals surface area contributed by atoms with E-state index in [-0.39, 0.29) is 25.8 Å². The largest absolute Gasteiger partial charge is 0.394 e. The average Bonchev–Trinajstić information content (AvgIpc) is 2.71. The lowest BCUT2D eigenvalue weighted by Crippen LogP contribution is -2.26. The maximum atomic E-state index is 8.63. The second-order valence-electron chi connectivity index (χ2n) is 7.10. The summed E-state index contributed by atoms with van der Waals surface area (Å²) in [4.78, 5) is 0. The fourth-order valence-electron chi connectivity index (χ4n) is 3.08. The Labute approximate surface area is 169 Å². The van der Waals surface area contributed by atoms with Crippen molar-refractivity contribution in [1.82, 2.24) is 0 Å². The molecule has 0 heterocycles. The number of ether oxygens (including phenoxy) is 6. The lowest BCUT2D eigenvalue weighted by molar-refractivity contribution is -0.155. The molecule has 0 radical (unpaired) electrons. The Kier molecular flexibility index (Phi) is 16.1. The van der Waals surface area contributed by atoms with Gasteiger partial charge >= 0.3 is 0 Å². The van der Waals surface area contributed by atoms with Crippen molar-refractivity contribution in [2.45, 2.75) is 52.1 Å². The molecule has 28 heavy (non-hydrogen) atoms. The highest BCUT2D eigenvalue weighted by Crippen LogP contribution is 2.29. The van der Waals surface area contributed by atoms with E-state index >= 15 is 0 Å². The van der Waals surface area contributed by atoms with Crippen molar-refractivity contribution in [3.05, 3.63) is 0 Å². The maximum Gasteiger partial charge on any atom is 0.154 e. The number of aliphatic hydroxyl groups is 2. The van der Waals surface area contributed by atoms with Gasteiger partial charge in [-0.2, -0.15) is 0 Å². The van der Waals surface area contributed by atoms with Crippen LogP contribution in [0, 0.1) is 11.8 Å². The highest BCUT2D eigenvalue weighted by molar-refractivity contribution is 4.72. The maximum absolute atomic E-state index is 8.63. The summed E-state index contributed by atoms with van der Waals surface area (Å²) < 4.78 is 32.9. The molecule has 1 aliphatic rings. The molecule has 1 rings (SSSR count). The molecule has 0 aromatic rings. The van der Waals surface area contributed by atoms with E-state index < -0.39 is 0 Å². The molecule has 2 N–H and O–H groups in total. The quantitative estimate of drug-likeness (QED) is 0.261. The third-order valence-electron chi connectivity index (χ3n) is 4.73. The molecule has 1 saturated carbocycles. The van der Waals surface area contributed by atoms with Gasteiger partial charge < -0.3 is 38.6 Å². The van der Waals surface area contributed by atoms with Gasteiger partial charge in [0, 0.05) is 0 Å². The zero-order chi connectivity index (χ0) is 20.5. The highest BCUT2D eigenvalue weighted by Gasteiger charge is 2.22. The molecule has 2 unspecified atom stereocenters. The molecule has 0 bridgehead atoms. The standard InChI is InChI=1S/C20H40O8/c1-17(25-13-11-23-9-7-21)27-15-19-3-5-20(6-4-19)16-28-18(2)26-14-12-24-10-8-22/h17-22H,3-16H2,1-2H3. The molecule has 0 saturated heterocycles. The first-order valence-corrected chi connectivity index (χ1v) is 10.5. The van der Waals surface area contributed by atoms with Crippen LogP contribution < -0.4 is 0 Å². The van der Waals surface area contributed by atoms with Crippen LogP contribution in [0.5, 0.6) is 0 Å². The van der Waals surface area contributed by atoms with E-state index in [1.165, 1.54) is 0 Å². The number of hydrogen-bond acceptors (Lipinski definition) is 8. The molecule has 1 aliphatic carbocycles. The minimum Gasteiger partial charge on any atom is -0.394 e. The van der Waals surface area contributed by atoms with Crippen molar-refractivity contribution in [2.75, 3.05) is 66.1 Å². The van der Waals surface area contributed by atoms with Gasteiger partial charge in [0.25, 0.3) is 0 Å². The Hall–Kier alpha value is -0.320. The summed E-state index contributed by atoms with van der Waals surface area (Å²) >= 11 is 0. The molecule has 168 valence electrons. The summed E-state index contributed by atoms with van der Waals surface area (Å²) in [6.45, 7) is 7.89. The van der Waals surface area contributed by atoms with Crippen molar-refractivity contribution >= 4 is 0 Å². The van der Waals surface area contributed by atoms with E-state index in [1.54, 1.807) is 0 Å². The van der Waals surface area contributed by atoms with E-state index in [2.05, 4.69) is 0 Å². The van der Waals surface area contributed by atoms with Crippen LogP contribution in [0.4, 0.5) is 0 Å². The Morgan fingerprint density at radius 2 is 1.00 bits per heavy atom. The lowest BCUT2D eigenvalue weighted by Gasteiger charge is -2.29. The van der Waals surface area contributed by atoms with Crippen molar-refractivity contribution < 1.29 is 38.6 Å². The zero-order valence-electron chi connectivity index (χ0n) is 17.6. The van der Waals surface area contributed by atoms with Gasteiger partial charge in [0.2, 0.25) is 0 Å². The molecule has 0 aliphatic heterocycles. The molecule has 1 fully saturated rings. The first kappa shape index (κ1) is 25.7. The summed E-state index contributed by atoms with van der Waals surface area (Å²) in [5, 5.41) is 17.3. The highest BCUT2D eigenvalue weighted by atomic mass is 16.7. The van der Waals surface area contributed by atoms with Crippen molar-refractivity contribution in [2.24, 2.45) is 11.8 Å². The fourth-order valence-corrected chi connectivity index (χ4v) is 3.08. The van der Waals surface area contributed by atoms with Crippen LogP contribution in [0.15, 0.2) is 0 Å². The molecular weight excluding hydrogens is 368 g/mol. The van der Waals surface area contributed by atoms with Crippen LogP contribution in [0.25, 0.3) is 0 Å². The Bertz CT molecular complexity index is 304. The molecule has 8 heteroatoms. The van der Waals surface area contributed by atoms with E-state index in [0.29, 0.717) is 51.5 Å². The average molecular weight is 409 g/mol. The van der Waals surface area contributed by atoms with Crippen molar-refractivity contribution in [1.29, 1.82) is 0 Å². The van der Waals surface area contributed by atoms with Crippen LogP contribution in [0.2, 0.25) is 0 Å². The topological polar surface area (TPSA) is 95.8 Å². The Morgan fingerprint density at radius 3 is 1.36 bits per heavy atom. The second kappa shape index (κ2) is 17.5. The lowest BCUT2D eigenvalue weighted by atomic mass is 9.83. The smallest absolute Gasteiger partial charge is 0.154 e. The summed E-state index contributed by atoms with van der Waals surface area (Å²) in [5.74, 6) is 1.15.